The molecule has 0 saturated heterocycles. The topological polar surface area (TPSA) is 62.9 Å². The third-order valence-electron chi connectivity index (χ3n) is 4.53. The molecule has 0 spiro atoms. The number of fused-ring (bicyclic) bond motifs is 1. The minimum absolute atomic E-state index is 0.121. The second-order valence-electron chi connectivity index (χ2n) is 6.66. The van der Waals surface area contributed by atoms with Gasteiger partial charge in [-0.15, -0.1) is 0 Å². The number of benzene rings is 2. The molecule has 1 N–H and O–H groups in total. The Morgan fingerprint density at radius 3 is 2.54 bits per heavy atom. The zero-order chi connectivity index (χ0) is 18.8. The highest BCUT2D eigenvalue weighted by atomic mass is 16.5. The molecule has 26 heavy (non-hydrogen) atoms. The third-order valence-corrected chi connectivity index (χ3v) is 4.53. The lowest BCUT2D eigenvalue weighted by Gasteiger charge is -2.20. The Balaban J connectivity index is 1.93. The van der Waals surface area contributed by atoms with Gasteiger partial charge in [0, 0.05) is 35.7 Å². The van der Waals surface area contributed by atoms with E-state index in [2.05, 4.69) is 11.0 Å². The average Bonchev–Trinajstić information content (AvgIpc) is 2.58. The van der Waals surface area contributed by atoms with Crippen molar-refractivity contribution in [2.24, 2.45) is 0 Å². The molecule has 0 fully saturated rings. The molecule has 3 aromatic rings. The highest BCUT2D eigenvalue weighted by molar-refractivity contribution is 5.84. The van der Waals surface area contributed by atoms with Crippen LogP contribution in [0.4, 0.5) is 0 Å². The molecule has 1 aromatic heterocycles. The zero-order valence-corrected chi connectivity index (χ0v) is 15.5. The monoisotopic (exact) mass is 353 g/mol. The van der Waals surface area contributed by atoms with Crippen LogP contribution < -0.4 is 10.4 Å². The molecule has 0 amide bonds. The number of hydrogen-bond acceptors (Lipinski definition) is 5. The van der Waals surface area contributed by atoms with E-state index >= 15 is 0 Å². The van der Waals surface area contributed by atoms with Gasteiger partial charge in [0.1, 0.15) is 17.1 Å². The van der Waals surface area contributed by atoms with Crippen molar-refractivity contribution in [3.63, 3.8) is 0 Å². The quantitative estimate of drug-likeness (QED) is 0.708. The summed E-state index contributed by atoms with van der Waals surface area (Å²) >= 11 is 0. The first-order chi connectivity index (χ1) is 12.4. The molecule has 3 rings (SSSR count). The first-order valence-electron chi connectivity index (χ1n) is 8.46. The second kappa shape index (κ2) is 7.22. The van der Waals surface area contributed by atoms with Crippen LogP contribution in [0, 0.1) is 13.8 Å². The van der Waals surface area contributed by atoms with E-state index in [0.717, 1.165) is 22.3 Å². The van der Waals surface area contributed by atoms with Crippen molar-refractivity contribution in [2.75, 3.05) is 14.2 Å². The third kappa shape index (κ3) is 3.58. The maximum Gasteiger partial charge on any atom is 0.336 e. The van der Waals surface area contributed by atoms with E-state index in [1.165, 1.54) is 11.6 Å². The Morgan fingerprint density at radius 2 is 1.81 bits per heavy atom. The van der Waals surface area contributed by atoms with Gasteiger partial charge in [-0.05, 0) is 44.7 Å². The van der Waals surface area contributed by atoms with E-state index in [1.54, 1.807) is 26.2 Å². The predicted molar refractivity (Wildman–Crippen MR) is 102 cm³/mol. The molecule has 0 radical (unpaired) electrons. The van der Waals surface area contributed by atoms with Crippen molar-refractivity contribution < 1.29 is 14.3 Å². The van der Waals surface area contributed by atoms with Crippen LogP contribution in [0.5, 0.6) is 11.5 Å². The summed E-state index contributed by atoms with van der Waals surface area (Å²) in [6.07, 6.45) is 0. The van der Waals surface area contributed by atoms with Crippen LogP contribution in [-0.4, -0.2) is 24.2 Å². The molecule has 0 saturated carbocycles. The van der Waals surface area contributed by atoms with E-state index in [1.807, 2.05) is 26.1 Å². The molecule has 0 aliphatic carbocycles. The van der Waals surface area contributed by atoms with Crippen LogP contribution in [-0.2, 0) is 13.1 Å². The van der Waals surface area contributed by atoms with Crippen molar-refractivity contribution in [1.82, 2.24) is 4.90 Å². The van der Waals surface area contributed by atoms with E-state index in [0.29, 0.717) is 24.2 Å². The van der Waals surface area contributed by atoms with Gasteiger partial charge < -0.3 is 14.3 Å². The molecule has 0 aliphatic rings. The van der Waals surface area contributed by atoms with Gasteiger partial charge in [0.15, 0.2) is 0 Å². The van der Waals surface area contributed by atoms with Gasteiger partial charge in [-0.2, -0.15) is 0 Å². The van der Waals surface area contributed by atoms with Gasteiger partial charge in [0.25, 0.3) is 0 Å². The Kier molecular flexibility index (Phi) is 5.00. The normalized spacial score (nSPS) is 11.3. The fourth-order valence-corrected chi connectivity index (χ4v) is 3.21. The van der Waals surface area contributed by atoms with E-state index in [-0.39, 0.29) is 5.75 Å². The number of nitrogens with zero attached hydrogens (tertiary/aromatic N) is 1. The Hall–Kier alpha value is -2.79. The van der Waals surface area contributed by atoms with E-state index < -0.39 is 5.63 Å². The van der Waals surface area contributed by atoms with Crippen molar-refractivity contribution >= 4 is 11.0 Å². The van der Waals surface area contributed by atoms with E-state index in [4.69, 9.17) is 9.15 Å². The molecular weight excluding hydrogens is 330 g/mol. The molecule has 5 nitrogen and oxygen atoms in total. The second-order valence-corrected chi connectivity index (χ2v) is 6.66. The van der Waals surface area contributed by atoms with Gasteiger partial charge in [-0.1, -0.05) is 17.7 Å². The molecule has 0 atom stereocenters. The zero-order valence-electron chi connectivity index (χ0n) is 15.5. The molecule has 0 aliphatic heterocycles. The number of aromatic hydroxyl groups is 1. The van der Waals surface area contributed by atoms with Gasteiger partial charge >= 0.3 is 5.63 Å². The fourth-order valence-electron chi connectivity index (χ4n) is 3.21. The van der Waals surface area contributed by atoms with E-state index in [9.17, 15) is 9.90 Å². The Morgan fingerprint density at radius 1 is 1.08 bits per heavy atom. The van der Waals surface area contributed by atoms with Crippen LogP contribution in [0.1, 0.15) is 22.3 Å². The molecule has 136 valence electrons. The summed E-state index contributed by atoms with van der Waals surface area (Å²) in [6.45, 7) is 5.05. The average molecular weight is 353 g/mol. The number of ether oxygens (including phenoxy) is 1. The number of rotatable bonds is 5. The lowest BCUT2D eigenvalue weighted by molar-refractivity contribution is 0.310. The summed E-state index contributed by atoms with van der Waals surface area (Å²) in [5, 5.41) is 10.7. The minimum Gasteiger partial charge on any atom is -0.508 e. The summed E-state index contributed by atoms with van der Waals surface area (Å²) in [5.41, 5.74) is 3.73. The van der Waals surface area contributed by atoms with Gasteiger partial charge in [0.2, 0.25) is 0 Å². The number of hydrogen-bond donors (Lipinski definition) is 1. The molecule has 5 heteroatoms. The lowest BCUT2D eigenvalue weighted by atomic mass is 10.1. The first kappa shape index (κ1) is 18.0. The van der Waals surface area contributed by atoms with Gasteiger partial charge in [0.05, 0.1) is 7.11 Å². The first-order valence-corrected chi connectivity index (χ1v) is 8.46. The van der Waals surface area contributed by atoms with Gasteiger partial charge in [-0.25, -0.2) is 4.79 Å². The maximum atomic E-state index is 12.0. The lowest BCUT2D eigenvalue weighted by Crippen LogP contribution is -2.19. The number of methoxy groups -OCH3 is 1. The molecule has 0 bridgehead atoms. The number of aryl methyl sites for hydroxylation is 2. The summed E-state index contributed by atoms with van der Waals surface area (Å²) in [4.78, 5) is 14.1. The van der Waals surface area contributed by atoms with Crippen molar-refractivity contribution in [1.29, 1.82) is 0 Å². The Labute approximate surface area is 152 Å². The standard InChI is InChI=1S/C21H23NO4/c1-13-5-8-19(25-4)16(9-13)12-22(3)11-15-10-20(24)26-21-14(2)18(23)7-6-17(15)21/h5-10,23H,11-12H2,1-4H3. The van der Waals surface area contributed by atoms with Crippen LogP contribution in [0.25, 0.3) is 11.0 Å². The van der Waals surface area contributed by atoms with Gasteiger partial charge in [-0.3, -0.25) is 4.90 Å². The predicted octanol–water partition coefficient (Wildman–Crippen LogP) is 3.76. The highest BCUT2D eigenvalue weighted by Crippen LogP contribution is 2.28. The highest BCUT2D eigenvalue weighted by Gasteiger charge is 2.13. The smallest absolute Gasteiger partial charge is 0.336 e. The molecular formula is C21H23NO4. The number of phenols is 1. The van der Waals surface area contributed by atoms with Crippen molar-refractivity contribution in [3.05, 3.63) is 69.1 Å². The van der Waals surface area contributed by atoms with Crippen molar-refractivity contribution in [3.8, 4) is 11.5 Å². The molecule has 1 heterocycles. The Bertz CT molecular complexity index is 1010. The minimum atomic E-state index is -0.414. The molecule has 2 aromatic carbocycles. The van der Waals surface area contributed by atoms with Crippen LogP contribution >= 0.6 is 0 Å². The maximum absolute atomic E-state index is 12.0. The summed E-state index contributed by atoms with van der Waals surface area (Å²) in [6, 6.07) is 11.0. The summed E-state index contributed by atoms with van der Waals surface area (Å²) in [5.74, 6) is 0.969. The van der Waals surface area contributed by atoms with Crippen molar-refractivity contribution in [2.45, 2.75) is 26.9 Å². The SMILES string of the molecule is COc1ccc(C)cc1CN(C)Cc1cc(=O)oc2c(C)c(O)ccc12. The summed E-state index contributed by atoms with van der Waals surface area (Å²) in [7, 11) is 3.66. The van der Waals surface area contributed by atoms with Crippen LogP contribution in [0.3, 0.4) is 0 Å². The van der Waals surface area contributed by atoms with Crippen LogP contribution in [0.15, 0.2) is 45.6 Å². The number of phenolic OH excluding ortho intramolecular Hbond substituents is 1. The molecule has 0 unspecified atom stereocenters. The largest absolute Gasteiger partial charge is 0.508 e. The van der Waals surface area contributed by atoms with Crippen LogP contribution in [0.2, 0.25) is 0 Å². The fraction of sp³-hybridized carbons (Fsp3) is 0.286. The summed E-state index contributed by atoms with van der Waals surface area (Å²) < 4.78 is 10.8.